The number of ether oxygens (including phenoxy) is 1. The molecule has 0 unspecified atom stereocenters. The first-order chi connectivity index (χ1) is 7.41. The predicted octanol–water partition coefficient (Wildman–Crippen LogP) is 2.37. The van der Waals surface area contributed by atoms with Crippen LogP contribution in [0.15, 0.2) is 18.2 Å². The molecule has 0 aliphatic heterocycles. The van der Waals surface area contributed by atoms with Crippen molar-refractivity contribution in [2.75, 3.05) is 0 Å². The standard InChI is InChI=1S/C10H6Cl2O4/c1-5(13)16-6-2-3-7(9(11)14)8(4-6)10(12)15/h2-4H,1H3. The molecule has 0 amide bonds. The molecule has 84 valence electrons. The summed E-state index contributed by atoms with van der Waals surface area (Å²) in [5, 5.41) is -1.66. The maximum Gasteiger partial charge on any atom is 0.308 e. The Morgan fingerprint density at radius 3 is 2.06 bits per heavy atom. The summed E-state index contributed by atoms with van der Waals surface area (Å²) in [4.78, 5) is 32.7. The third kappa shape index (κ3) is 3.05. The maximum atomic E-state index is 11.0. The first-order valence-corrected chi connectivity index (χ1v) is 4.89. The number of hydrogen-bond donors (Lipinski definition) is 0. The van der Waals surface area contributed by atoms with Gasteiger partial charge in [-0.05, 0) is 41.4 Å². The largest absolute Gasteiger partial charge is 0.427 e. The van der Waals surface area contributed by atoms with Crippen LogP contribution >= 0.6 is 23.2 Å². The van der Waals surface area contributed by atoms with Gasteiger partial charge in [-0.3, -0.25) is 14.4 Å². The number of esters is 1. The van der Waals surface area contributed by atoms with E-state index < -0.39 is 16.5 Å². The lowest BCUT2D eigenvalue weighted by atomic mass is 10.1. The molecule has 0 saturated heterocycles. The summed E-state index contributed by atoms with van der Waals surface area (Å²) in [6.45, 7) is 1.21. The van der Waals surface area contributed by atoms with Crippen LogP contribution in [0.1, 0.15) is 27.6 Å². The van der Waals surface area contributed by atoms with Gasteiger partial charge >= 0.3 is 5.97 Å². The summed E-state index contributed by atoms with van der Waals surface area (Å²) < 4.78 is 4.74. The second kappa shape index (κ2) is 5.09. The summed E-state index contributed by atoms with van der Waals surface area (Å²) in [6, 6.07) is 3.80. The van der Waals surface area contributed by atoms with E-state index in [0.29, 0.717) is 0 Å². The number of halogens is 2. The third-order valence-corrected chi connectivity index (χ3v) is 2.08. The molecule has 0 radical (unpaired) electrons. The van der Waals surface area contributed by atoms with E-state index in [2.05, 4.69) is 0 Å². The molecule has 1 aromatic carbocycles. The minimum Gasteiger partial charge on any atom is -0.427 e. The smallest absolute Gasteiger partial charge is 0.308 e. The van der Waals surface area contributed by atoms with Crippen molar-refractivity contribution in [3.8, 4) is 5.75 Å². The van der Waals surface area contributed by atoms with Crippen molar-refractivity contribution in [2.45, 2.75) is 6.92 Å². The van der Waals surface area contributed by atoms with Crippen LogP contribution in [0.5, 0.6) is 5.75 Å². The molecule has 0 N–H and O–H groups in total. The van der Waals surface area contributed by atoms with E-state index in [0.717, 1.165) is 0 Å². The number of carbonyl (C=O) groups is 3. The summed E-state index contributed by atoms with van der Waals surface area (Å²) in [5.74, 6) is -0.420. The first kappa shape index (κ1) is 12.7. The molecule has 0 fully saturated rings. The molecule has 1 aromatic rings. The Labute approximate surface area is 101 Å². The van der Waals surface area contributed by atoms with Crippen LogP contribution in [-0.2, 0) is 4.79 Å². The highest BCUT2D eigenvalue weighted by Gasteiger charge is 2.15. The van der Waals surface area contributed by atoms with Gasteiger partial charge in [0.1, 0.15) is 5.75 Å². The molecule has 0 atom stereocenters. The minimum atomic E-state index is -0.849. The summed E-state index contributed by atoms with van der Waals surface area (Å²) in [5.41, 5.74) is -0.127. The van der Waals surface area contributed by atoms with E-state index in [-0.39, 0.29) is 16.9 Å². The van der Waals surface area contributed by atoms with Gasteiger partial charge in [0.05, 0.1) is 0 Å². The van der Waals surface area contributed by atoms with Crippen molar-refractivity contribution in [1.82, 2.24) is 0 Å². The molecular weight excluding hydrogens is 255 g/mol. The van der Waals surface area contributed by atoms with Gasteiger partial charge in [0, 0.05) is 18.1 Å². The number of rotatable bonds is 3. The van der Waals surface area contributed by atoms with Gasteiger partial charge in [0.15, 0.2) is 0 Å². The predicted molar refractivity (Wildman–Crippen MR) is 58.1 cm³/mol. The Bertz CT molecular complexity index is 468. The Morgan fingerprint density at radius 1 is 1.06 bits per heavy atom. The van der Waals surface area contributed by atoms with E-state index >= 15 is 0 Å². The van der Waals surface area contributed by atoms with Crippen molar-refractivity contribution in [3.63, 3.8) is 0 Å². The Hall–Kier alpha value is -1.39. The minimum absolute atomic E-state index is 0.0300. The molecular formula is C10H6Cl2O4. The zero-order valence-corrected chi connectivity index (χ0v) is 9.63. The fourth-order valence-electron chi connectivity index (χ4n) is 1.09. The van der Waals surface area contributed by atoms with Gasteiger partial charge in [0.25, 0.3) is 10.5 Å². The topological polar surface area (TPSA) is 60.4 Å². The van der Waals surface area contributed by atoms with E-state index in [1.807, 2.05) is 0 Å². The van der Waals surface area contributed by atoms with Gasteiger partial charge in [-0.15, -0.1) is 0 Å². The summed E-state index contributed by atoms with van der Waals surface area (Å²) in [6.07, 6.45) is 0. The van der Waals surface area contributed by atoms with Crippen molar-refractivity contribution in [2.24, 2.45) is 0 Å². The first-order valence-electron chi connectivity index (χ1n) is 4.14. The van der Waals surface area contributed by atoms with Crippen molar-refractivity contribution in [3.05, 3.63) is 29.3 Å². The molecule has 0 aliphatic carbocycles. The zero-order valence-electron chi connectivity index (χ0n) is 8.12. The van der Waals surface area contributed by atoms with E-state index in [4.69, 9.17) is 27.9 Å². The number of carbonyl (C=O) groups excluding carboxylic acids is 3. The van der Waals surface area contributed by atoms with Crippen molar-refractivity contribution >= 4 is 39.7 Å². The summed E-state index contributed by atoms with van der Waals surface area (Å²) >= 11 is 10.5. The van der Waals surface area contributed by atoms with Crippen LogP contribution < -0.4 is 4.74 Å². The second-order valence-electron chi connectivity index (χ2n) is 2.85. The van der Waals surface area contributed by atoms with Gasteiger partial charge in [-0.25, -0.2) is 0 Å². The van der Waals surface area contributed by atoms with Crippen LogP contribution in [0.2, 0.25) is 0 Å². The Morgan fingerprint density at radius 2 is 1.62 bits per heavy atom. The lowest BCUT2D eigenvalue weighted by molar-refractivity contribution is -0.131. The van der Waals surface area contributed by atoms with E-state index in [1.54, 1.807) is 0 Å². The number of benzene rings is 1. The zero-order chi connectivity index (χ0) is 12.3. The van der Waals surface area contributed by atoms with E-state index in [1.165, 1.54) is 25.1 Å². The van der Waals surface area contributed by atoms with Crippen molar-refractivity contribution in [1.29, 1.82) is 0 Å². The molecule has 0 saturated carbocycles. The third-order valence-electron chi connectivity index (χ3n) is 1.68. The average molecular weight is 261 g/mol. The molecule has 16 heavy (non-hydrogen) atoms. The van der Waals surface area contributed by atoms with E-state index in [9.17, 15) is 14.4 Å². The highest BCUT2D eigenvalue weighted by Crippen LogP contribution is 2.21. The monoisotopic (exact) mass is 260 g/mol. The molecule has 0 spiro atoms. The molecule has 0 bridgehead atoms. The highest BCUT2D eigenvalue weighted by atomic mass is 35.5. The molecule has 0 heterocycles. The van der Waals surface area contributed by atoms with Crippen molar-refractivity contribution < 1.29 is 19.1 Å². The normalized spacial score (nSPS) is 9.69. The molecule has 4 nitrogen and oxygen atoms in total. The Balaban J connectivity index is 3.22. The SMILES string of the molecule is CC(=O)Oc1ccc(C(=O)Cl)c(C(=O)Cl)c1. The van der Waals surface area contributed by atoms with Crippen LogP contribution in [-0.4, -0.2) is 16.5 Å². The van der Waals surface area contributed by atoms with Crippen LogP contribution in [0.4, 0.5) is 0 Å². The van der Waals surface area contributed by atoms with Gasteiger partial charge in [0.2, 0.25) is 0 Å². The van der Waals surface area contributed by atoms with Crippen LogP contribution in [0.3, 0.4) is 0 Å². The molecule has 1 rings (SSSR count). The summed E-state index contributed by atoms with van der Waals surface area (Å²) in [7, 11) is 0. The van der Waals surface area contributed by atoms with Crippen LogP contribution in [0.25, 0.3) is 0 Å². The fraction of sp³-hybridized carbons (Fsp3) is 0.100. The highest BCUT2D eigenvalue weighted by molar-refractivity contribution is 6.72. The van der Waals surface area contributed by atoms with Gasteiger partial charge in [-0.1, -0.05) is 0 Å². The van der Waals surface area contributed by atoms with Crippen LogP contribution in [0, 0.1) is 0 Å². The maximum absolute atomic E-state index is 11.0. The van der Waals surface area contributed by atoms with Gasteiger partial charge < -0.3 is 4.74 Å². The quantitative estimate of drug-likeness (QED) is 0.476. The molecule has 0 aliphatic rings. The lowest BCUT2D eigenvalue weighted by Crippen LogP contribution is -2.05. The molecule has 0 aromatic heterocycles. The average Bonchev–Trinajstić information content (AvgIpc) is 2.16. The molecule has 6 heteroatoms. The lowest BCUT2D eigenvalue weighted by Gasteiger charge is -2.05. The van der Waals surface area contributed by atoms with Gasteiger partial charge in [-0.2, -0.15) is 0 Å². The Kier molecular flexibility index (Phi) is 4.04. The fourth-order valence-corrected chi connectivity index (χ4v) is 1.41. The second-order valence-corrected chi connectivity index (χ2v) is 3.54. The number of hydrogen-bond acceptors (Lipinski definition) is 4.